The first kappa shape index (κ1) is 14.9. The van der Waals surface area contributed by atoms with E-state index in [9.17, 15) is 14.7 Å². The van der Waals surface area contributed by atoms with Crippen molar-refractivity contribution >= 4 is 17.6 Å². The average molecular weight is 287 g/mol. The topological polar surface area (TPSA) is 93.4 Å². The van der Waals surface area contributed by atoms with Crippen molar-refractivity contribution in [1.82, 2.24) is 5.32 Å². The summed E-state index contributed by atoms with van der Waals surface area (Å²) in [4.78, 5) is 24.9. The Balaban J connectivity index is 2.09. The van der Waals surface area contributed by atoms with Gasteiger partial charge < -0.3 is 15.3 Å². The lowest BCUT2D eigenvalue weighted by atomic mass is 9.92. The minimum Gasteiger partial charge on any atom is -0.481 e. The van der Waals surface area contributed by atoms with Crippen molar-refractivity contribution in [2.24, 2.45) is 5.92 Å². The predicted molar refractivity (Wildman–Crippen MR) is 76.7 cm³/mol. The molecule has 1 heterocycles. The van der Waals surface area contributed by atoms with E-state index in [4.69, 9.17) is 5.26 Å². The van der Waals surface area contributed by atoms with Gasteiger partial charge in [-0.05, 0) is 18.1 Å². The molecule has 1 aliphatic rings. The molecular weight excluding hydrogens is 270 g/mol. The van der Waals surface area contributed by atoms with Crippen LogP contribution in [0.2, 0.25) is 0 Å². The van der Waals surface area contributed by atoms with Gasteiger partial charge in [-0.15, -0.1) is 0 Å². The number of carbonyl (C=O) groups is 2. The molecule has 1 unspecified atom stereocenters. The second kappa shape index (κ2) is 6.75. The third-order valence-corrected chi connectivity index (χ3v) is 3.48. The summed E-state index contributed by atoms with van der Waals surface area (Å²) in [6.45, 7) is 0.734. The molecule has 21 heavy (non-hydrogen) atoms. The van der Waals surface area contributed by atoms with Gasteiger partial charge in [0, 0.05) is 18.8 Å². The Morgan fingerprint density at radius 2 is 2.19 bits per heavy atom. The molecule has 1 amide bonds. The van der Waals surface area contributed by atoms with Crippen LogP contribution in [0.3, 0.4) is 0 Å². The molecule has 0 saturated heterocycles. The van der Waals surface area contributed by atoms with Crippen LogP contribution in [0, 0.1) is 17.2 Å². The summed E-state index contributed by atoms with van der Waals surface area (Å²) >= 11 is 0. The van der Waals surface area contributed by atoms with Gasteiger partial charge in [0.1, 0.15) is 0 Å². The fraction of sp³-hybridized carbons (Fsp3) is 0.400. The molecule has 0 aliphatic carbocycles. The van der Waals surface area contributed by atoms with Gasteiger partial charge in [0.05, 0.1) is 25.0 Å². The molecule has 2 N–H and O–H groups in total. The number of amides is 1. The van der Waals surface area contributed by atoms with Crippen molar-refractivity contribution in [3.05, 3.63) is 29.8 Å². The molecule has 2 rings (SSSR count). The van der Waals surface area contributed by atoms with E-state index in [0.29, 0.717) is 19.5 Å². The number of carbonyl (C=O) groups excluding carboxylic acids is 1. The Morgan fingerprint density at radius 1 is 1.43 bits per heavy atom. The van der Waals surface area contributed by atoms with Crippen LogP contribution in [0.15, 0.2) is 24.3 Å². The van der Waals surface area contributed by atoms with Gasteiger partial charge in [-0.25, -0.2) is 0 Å². The highest BCUT2D eigenvalue weighted by Gasteiger charge is 2.29. The van der Waals surface area contributed by atoms with E-state index in [-0.39, 0.29) is 18.9 Å². The molecule has 0 saturated carbocycles. The molecule has 0 bridgehead atoms. The Kier molecular flexibility index (Phi) is 4.77. The second-order valence-electron chi connectivity index (χ2n) is 5.01. The summed E-state index contributed by atoms with van der Waals surface area (Å²) < 4.78 is 0. The standard InChI is InChI=1S/C15H17N3O3/c16-6-3-7-17-14(19)10-18-9-12(15(20)21)8-11-4-1-2-5-13(11)18/h1-2,4-5,12H,3,7-10H2,(H,17,19)(H,20,21). The third-order valence-electron chi connectivity index (χ3n) is 3.48. The largest absolute Gasteiger partial charge is 0.481 e. The van der Waals surface area contributed by atoms with E-state index in [1.165, 1.54) is 0 Å². The first-order valence-corrected chi connectivity index (χ1v) is 6.81. The number of carboxylic acid groups (broad SMARTS) is 1. The van der Waals surface area contributed by atoms with E-state index >= 15 is 0 Å². The zero-order chi connectivity index (χ0) is 15.2. The van der Waals surface area contributed by atoms with Crippen LogP contribution in [0.1, 0.15) is 12.0 Å². The zero-order valence-corrected chi connectivity index (χ0v) is 11.6. The van der Waals surface area contributed by atoms with Crippen LogP contribution >= 0.6 is 0 Å². The van der Waals surface area contributed by atoms with Crippen molar-refractivity contribution in [3.8, 4) is 6.07 Å². The van der Waals surface area contributed by atoms with E-state index in [1.54, 1.807) is 4.90 Å². The number of aliphatic carboxylic acids is 1. The van der Waals surface area contributed by atoms with Crippen molar-refractivity contribution in [2.45, 2.75) is 12.8 Å². The van der Waals surface area contributed by atoms with Gasteiger partial charge in [-0.2, -0.15) is 5.26 Å². The van der Waals surface area contributed by atoms with Crippen molar-refractivity contribution in [2.75, 3.05) is 24.5 Å². The SMILES string of the molecule is N#CCCNC(=O)CN1CC(C(=O)O)Cc2ccccc21. The van der Waals surface area contributed by atoms with Crippen molar-refractivity contribution in [1.29, 1.82) is 5.26 Å². The maximum Gasteiger partial charge on any atom is 0.308 e. The number of benzene rings is 1. The van der Waals surface area contributed by atoms with Crippen molar-refractivity contribution in [3.63, 3.8) is 0 Å². The Labute approximate surface area is 123 Å². The van der Waals surface area contributed by atoms with Gasteiger partial charge in [-0.1, -0.05) is 18.2 Å². The Morgan fingerprint density at radius 3 is 2.90 bits per heavy atom. The first-order chi connectivity index (χ1) is 10.1. The summed E-state index contributed by atoms with van der Waals surface area (Å²) in [5.41, 5.74) is 1.85. The van der Waals surface area contributed by atoms with Gasteiger partial charge in [-0.3, -0.25) is 9.59 Å². The van der Waals surface area contributed by atoms with E-state index in [0.717, 1.165) is 11.3 Å². The van der Waals surface area contributed by atoms with Crippen LogP contribution in [0.4, 0.5) is 5.69 Å². The number of hydrogen-bond donors (Lipinski definition) is 2. The molecule has 0 fully saturated rings. The highest BCUT2D eigenvalue weighted by Crippen LogP contribution is 2.29. The summed E-state index contributed by atoms with van der Waals surface area (Å²) in [5, 5.41) is 20.3. The molecular formula is C15H17N3O3. The van der Waals surface area contributed by atoms with Crippen molar-refractivity contribution < 1.29 is 14.7 Å². The van der Waals surface area contributed by atoms with Gasteiger partial charge in [0.15, 0.2) is 0 Å². The molecule has 1 atom stereocenters. The number of nitrogens with zero attached hydrogens (tertiary/aromatic N) is 2. The molecule has 0 spiro atoms. The smallest absolute Gasteiger partial charge is 0.308 e. The predicted octanol–water partition coefficient (Wildman–Crippen LogP) is 0.780. The summed E-state index contributed by atoms with van der Waals surface area (Å²) in [6, 6.07) is 9.50. The molecule has 0 aromatic heterocycles. The number of fused-ring (bicyclic) bond motifs is 1. The molecule has 1 aliphatic heterocycles. The summed E-state index contributed by atoms with van der Waals surface area (Å²) in [7, 11) is 0. The Hall–Kier alpha value is -2.55. The maximum atomic E-state index is 11.9. The highest BCUT2D eigenvalue weighted by molar-refractivity contribution is 5.83. The normalized spacial score (nSPS) is 16.7. The minimum absolute atomic E-state index is 0.103. The minimum atomic E-state index is -0.848. The first-order valence-electron chi connectivity index (χ1n) is 6.81. The van der Waals surface area contributed by atoms with Crippen LogP contribution in [0.5, 0.6) is 0 Å². The number of anilines is 1. The highest BCUT2D eigenvalue weighted by atomic mass is 16.4. The lowest BCUT2D eigenvalue weighted by molar-refractivity contribution is -0.141. The lowest BCUT2D eigenvalue weighted by Gasteiger charge is -2.34. The van der Waals surface area contributed by atoms with Gasteiger partial charge in [0.25, 0.3) is 0 Å². The van der Waals surface area contributed by atoms with Gasteiger partial charge in [0.2, 0.25) is 5.91 Å². The van der Waals surface area contributed by atoms with Crippen LogP contribution in [0.25, 0.3) is 0 Å². The monoisotopic (exact) mass is 287 g/mol. The number of nitriles is 1. The zero-order valence-electron chi connectivity index (χ0n) is 11.6. The fourth-order valence-electron chi connectivity index (χ4n) is 2.49. The van der Waals surface area contributed by atoms with Crippen LogP contribution < -0.4 is 10.2 Å². The maximum absolute atomic E-state index is 11.9. The number of carboxylic acids is 1. The number of nitrogens with one attached hydrogen (secondary N) is 1. The fourth-order valence-corrected chi connectivity index (χ4v) is 2.49. The Bertz CT molecular complexity index is 580. The van der Waals surface area contributed by atoms with Crippen LogP contribution in [-0.2, 0) is 16.0 Å². The quantitative estimate of drug-likeness (QED) is 0.781. The summed E-state index contributed by atoms with van der Waals surface area (Å²) in [5.74, 6) is -1.56. The molecule has 1 aromatic rings. The van der Waals surface area contributed by atoms with Crippen LogP contribution in [-0.4, -0.2) is 36.6 Å². The molecule has 0 radical (unpaired) electrons. The number of hydrogen-bond acceptors (Lipinski definition) is 4. The molecule has 110 valence electrons. The number of rotatable bonds is 5. The summed E-state index contributed by atoms with van der Waals surface area (Å²) in [6.07, 6.45) is 0.748. The van der Waals surface area contributed by atoms with Gasteiger partial charge >= 0.3 is 5.97 Å². The van der Waals surface area contributed by atoms with E-state index < -0.39 is 11.9 Å². The molecule has 6 heteroatoms. The average Bonchev–Trinajstić information content (AvgIpc) is 2.47. The second-order valence-corrected chi connectivity index (χ2v) is 5.01. The molecule has 6 nitrogen and oxygen atoms in total. The lowest BCUT2D eigenvalue weighted by Crippen LogP contribution is -2.44. The van der Waals surface area contributed by atoms with E-state index in [2.05, 4.69) is 5.32 Å². The third kappa shape index (κ3) is 3.72. The molecule has 1 aromatic carbocycles. The number of para-hydroxylation sites is 1. The van der Waals surface area contributed by atoms with E-state index in [1.807, 2.05) is 30.3 Å².